The van der Waals surface area contributed by atoms with E-state index in [1.807, 2.05) is 36.4 Å². The van der Waals surface area contributed by atoms with Gasteiger partial charge in [-0.3, -0.25) is 9.59 Å². The van der Waals surface area contributed by atoms with E-state index in [1.165, 1.54) is 0 Å². The summed E-state index contributed by atoms with van der Waals surface area (Å²) in [4.78, 5) is 26.5. The Bertz CT molecular complexity index is 733. The number of benzene rings is 2. The fraction of sp³-hybridized carbons (Fsp3) is 0.222. The number of nitrogens with one attached hydrogen (secondary N) is 1. The molecule has 23 heavy (non-hydrogen) atoms. The molecule has 1 saturated heterocycles. The van der Waals surface area contributed by atoms with E-state index >= 15 is 0 Å². The molecule has 2 amide bonds. The number of rotatable bonds is 3. The van der Waals surface area contributed by atoms with Crippen LogP contribution in [0.25, 0.3) is 0 Å². The number of hydrogen-bond acceptors (Lipinski definition) is 2. The number of likely N-dealkylation sites (tertiary alicyclic amines) is 1. The normalized spacial score (nSPS) is 20.6. The molecule has 1 N–H and O–H groups in total. The largest absolute Gasteiger partial charge is 0.338 e. The van der Waals surface area contributed by atoms with E-state index in [4.69, 9.17) is 11.6 Å². The molecule has 0 unspecified atom stereocenters. The predicted octanol–water partition coefficient (Wildman–Crippen LogP) is 3.50. The molecule has 1 aliphatic heterocycles. The van der Waals surface area contributed by atoms with Crippen LogP contribution in [0, 0.1) is 5.92 Å². The Morgan fingerprint density at radius 3 is 2.48 bits per heavy atom. The SMILES string of the molecule is CN1C(=O)C[C@@H](C(=O)Nc2ccccc2Cl)[C@H]1c1ccccc1. The molecule has 0 radical (unpaired) electrons. The summed E-state index contributed by atoms with van der Waals surface area (Å²) in [5.74, 6) is -0.658. The maximum absolute atomic E-state index is 12.7. The molecule has 4 nitrogen and oxygen atoms in total. The van der Waals surface area contributed by atoms with Crippen molar-refractivity contribution in [1.82, 2.24) is 4.90 Å². The Morgan fingerprint density at radius 1 is 1.13 bits per heavy atom. The van der Waals surface area contributed by atoms with Crippen LogP contribution in [-0.2, 0) is 9.59 Å². The van der Waals surface area contributed by atoms with Crippen LogP contribution in [0.4, 0.5) is 5.69 Å². The van der Waals surface area contributed by atoms with Crippen molar-refractivity contribution in [2.24, 2.45) is 5.92 Å². The van der Waals surface area contributed by atoms with E-state index in [0.29, 0.717) is 10.7 Å². The summed E-state index contributed by atoms with van der Waals surface area (Å²) in [6.45, 7) is 0. The molecule has 0 bridgehead atoms. The minimum Gasteiger partial charge on any atom is -0.338 e. The Balaban J connectivity index is 1.86. The van der Waals surface area contributed by atoms with Crippen LogP contribution in [0.15, 0.2) is 54.6 Å². The maximum atomic E-state index is 12.7. The van der Waals surface area contributed by atoms with Crippen LogP contribution in [-0.4, -0.2) is 23.8 Å². The van der Waals surface area contributed by atoms with E-state index in [1.54, 1.807) is 30.1 Å². The first-order chi connectivity index (χ1) is 11.1. The lowest BCUT2D eigenvalue weighted by Crippen LogP contribution is -2.30. The number of hydrogen-bond donors (Lipinski definition) is 1. The van der Waals surface area contributed by atoms with Crippen molar-refractivity contribution >= 4 is 29.1 Å². The lowest BCUT2D eigenvalue weighted by molar-refractivity contribution is -0.127. The molecule has 1 heterocycles. The summed E-state index contributed by atoms with van der Waals surface area (Å²) < 4.78 is 0. The molecular formula is C18H17ClN2O2. The molecule has 3 rings (SSSR count). The number of carbonyl (C=O) groups excluding carboxylic acids is 2. The highest BCUT2D eigenvalue weighted by Gasteiger charge is 2.42. The second-order valence-corrected chi connectivity index (χ2v) is 6.05. The number of nitrogens with zero attached hydrogens (tertiary/aromatic N) is 1. The molecule has 0 saturated carbocycles. The lowest BCUT2D eigenvalue weighted by atomic mass is 9.93. The van der Waals surface area contributed by atoms with Crippen LogP contribution < -0.4 is 5.32 Å². The minimum atomic E-state index is -0.439. The molecule has 1 fully saturated rings. The van der Waals surface area contributed by atoms with E-state index in [9.17, 15) is 9.59 Å². The molecule has 1 aliphatic rings. The summed E-state index contributed by atoms with van der Waals surface area (Å²) in [5, 5.41) is 3.32. The third-order valence-corrected chi connectivity index (χ3v) is 4.53. The highest BCUT2D eigenvalue weighted by atomic mass is 35.5. The predicted molar refractivity (Wildman–Crippen MR) is 90.1 cm³/mol. The van der Waals surface area contributed by atoms with Gasteiger partial charge in [0.05, 0.1) is 22.7 Å². The maximum Gasteiger partial charge on any atom is 0.230 e. The van der Waals surface area contributed by atoms with Crippen molar-refractivity contribution in [3.8, 4) is 0 Å². The van der Waals surface area contributed by atoms with Crippen LogP contribution in [0.3, 0.4) is 0 Å². The van der Waals surface area contributed by atoms with Gasteiger partial charge in [-0.1, -0.05) is 54.1 Å². The second-order valence-electron chi connectivity index (χ2n) is 5.64. The first-order valence-electron chi connectivity index (χ1n) is 7.44. The quantitative estimate of drug-likeness (QED) is 0.937. The summed E-state index contributed by atoms with van der Waals surface area (Å²) in [7, 11) is 1.74. The standard InChI is InChI=1S/C18H17ClN2O2/c1-21-16(22)11-13(17(21)12-7-3-2-4-8-12)18(23)20-15-10-6-5-9-14(15)19/h2-10,13,17H,11H2,1H3,(H,20,23)/t13-,17-/m1/s1. The molecular weight excluding hydrogens is 312 g/mol. The van der Waals surface area contributed by atoms with E-state index < -0.39 is 5.92 Å². The van der Waals surface area contributed by atoms with E-state index in [0.717, 1.165) is 5.56 Å². The number of amides is 2. The zero-order valence-electron chi connectivity index (χ0n) is 12.7. The van der Waals surface area contributed by atoms with Crippen LogP contribution >= 0.6 is 11.6 Å². The molecule has 2 atom stereocenters. The molecule has 0 spiro atoms. The Labute approximate surface area is 140 Å². The topological polar surface area (TPSA) is 49.4 Å². The highest BCUT2D eigenvalue weighted by molar-refractivity contribution is 6.33. The molecule has 2 aromatic rings. The van der Waals surface area contributed by atoms with Gasteiger partial charge in [0.25, 0.3) is 0 Å². The molecule has 0 aliphatic carbocycles. The first-order valence-corrected chi connectivity index (χ1v) is 7.81. The summed E-state index contributed by atoms with van der Waals surface area (Å²) in [5.41, 5.74) is 1.52. The number of carbonyl (C=O) groups is 2. The van der Waals surface area contributed by atoms with Crippen molar-refractivity contribution in [1.29, 1.82) is 0 Å². The molecule has 118 valence electrons. The van der Waals surface area contributed by atoms with Gasteiger partial charge in [0.2, 0.25) is 11.8 Å². The van der Waals surface area contributed by atoms with Crippen molar-refractivity contribution in [2.75, 3.05) is 12.4 Å². The second kappa shape index (κ2) is 6.42. The van der Waals surface area contributed by atoms with Crippen molar-refractivity contribution < 1.29 is 9.59 Å². The minimum absolute atomic E-state index is 0.0295. The summed E-state index contributed by atoms with van der Waals surface area (Å²) in [6, 6.07) is 16.4. The van der Waals surface area contributed by atoms with E-state index in [-0.39, 0.29) is 24.3 Å². The zero-order valence-corrected chi connectivity index (χ0v) is 13.5. The Morgan fingerprint density at radius 2 is 1.78 bits per heavy atom. The van der Waals surface area contributed by atoms with Crippen molar-refractivity contribution in [3.05, 3.63) is 65.2 Å². The Kier molecular flexibility index (Phi) is 4.35. The third kappa shape index (κ3) is 3.08. The lowest BCUT2D eigenvalue weighted by Gasteiger charge is -2.25. The van der Waals surface area contributed by atoms with Gasteiger partial charge in [0.15, 0.2) is 0 Å². The summed E-state index contributed by atoms with van der Waals surface area (Å²) >= 11 is 6.09. The highest BCUT2D eigenvalue weighted by Crippen LogP contribution is 2.37. The summed E-state index contributed by atoms with van der Waals surface area (Å²) in [6.07, 6.45) is 0.201. The van der Waals surface area contributed by atoms with Gasteiger partial charge in [0, 0.05) is 13.5 Å². The fourth-order valence-electron chi connectivity index (χ4n) is 3.00. The van der Waals surface area contributed by atoms with Crippen molar-refractivity contribution in [2.45, 2.75) is 12.5 Å². The Hall–Kier alpha value is -2.33. The van der Waals surface area contributed by atoms with Gasteiger partial charge in [-0.15, -0.1) is 0 Å². The van der Waals surface area contributed by atoms with Gasteiger partial charge >= 0.3 is 0 Å². The van der Waals surface area contributed by atoms with Crippen LogP contribution in [0.1, 0.15) is 18.0 Å². The average Bonchev–Trinajstić information content (AvgIpc) is 2.86. The molecule has 5 heteroatoms. The van der Waals surface area contributed by atoms with E-state index in [2.05, 4.69) is 5.32 Å². The number of anilines is 1. The monoisotopic (exact) mass is 328 g/mol. The smallest absolute Gasteiger partial charge is 0.230 e. The van der Waals surface area contributed by atoms with Crippen molar-refractivity contribution in [3.63, 3.8) is 0 Å². The zero-order chi connectivity index (χ0) is 16.4. The van der Waals surface area contributed by atoms with Crippen LogP contribution in [0.2, 0.25) is 5.02 Å². The van der Waals surface area contributed by atoms with Gasteiger partial charge in [-0.25, -0.2) is 0 Å². The first kappa shape index (κ1) is 15.6. The van der Waals surface area contributed by atoms with Gasteiger partial charge in [-0.2, -0.15) is 0 Å². The number of halogens is 1. The van der Waals surface area contributed by atoms with Gasteiger partial charge in [0.1, 0.15) is 0 Å². The number of para-hydroxylation sites is 1. The molecule has 0 aromatic heterocycles. The van der Waals surface area contributed by atoms with Gasteiger partial charge in [-0.05, 0) is 17.7 Å². The average molecular weight is 329 g/mol. The van der Waals surface area contributed by atoms with Crippen LogP contribution in [0.5, 0.6) is 0 Å². The molecule has 2 aromatic carbocycles. The van der Waals surface area contributed by atoms with Gasteiger partial charge < -0.3 is 10.2 Å². The fourth-order valence-corrected chi connectivity index (χ4v) is 3.18. The third-order valence-electron chi connectivity index (χ3n) is 4.20.